The van der Waals surface area contributed by atoms with Crippen molar-refractivity contribution in [2.45, 2.75) is 18.9 Å². The molecule has 7 heteroatoms. The van der Waals surface area contributed by atoms with E-state index in [0.717, 1.165) is 12.8 Å². The third-order valence-corrected chi connectivity index (χ3v) is 5.03. The first kappa shape index (κ1) is 19.1. The fourth-order valence-electron chi connectivity index (χ4n) is 3.05. The van der Waals surface area contributed by atoms with Gasteiger partial charge in [0.2, 0.25) is 0 Å². The lowest BCUT2D eigenvalue weighted by Crippen LogP contribution is -2.27. The Kier molecular flexibility index (Phi) is 5.27. The van der Waals surface area contributed by atoms with Crippen molar-refractivity contribution in [3.63, 3.8) is 0 Å². The maximum Gasteiger partial charge on any atom is 0.259 e. The van der Waals surface area contributed by atoms with Crippen LogP contribution in [0.15, 0.2) is 60.9 Å². The Labute approximate surface area is 173 Å². The highest BCUT2D eigenvalue weighted by molar-refractivity contribution is 6.33. The summed E-state index contributed by atoms with van der Waals surface area (Å²) in [6.45, 7) is 0. The summed E-state index contributed by atoms with van der Waals surface area (Å²) in [5, 5.41) is 6.16. The molecular formula is C22H20ClN3O3. The van der Waals surface area contributed by atoms with E-state index in [4.69, 9.17) is 16.3 Å². The number of nitrogens with one attached hydrogen (secondary N) is 2. The van der Waals surface area contributed by atoms with Crippen molar-refractivity contribution in [3.05, 3.63) is 77.1 Å². The Morgan fingerprint density at radius 3 is 2.45 bits per heavy atom. The molecule has 2 aromatic carbocycles. The van der Waals surface area contributed by atoms with Gasteiger partial charge in [-0.05, 0) is 43.2 Å². The average molecular weight is 410 g/mol. The van der Waals surface area contributed by atoms with Crippen molar-refractivity contribution < 1.29 is 14.3 Å². The average Bonchev–Trinajstić information content (AvgIpc) is 3.37. The van der Waals surface area contributed by atoms with Crippen molar-refractivity contribution in [1.29, 1.82) is 0 Å². The first-order valence-electron chi connectivity index (χ1n) is 9.29. The lowest BCUT2D eigenvalue weighted by molar-refractivity contribution is 0.0952. The number of carbonyl (C=O) groups is 2. The molecule has 0 spiro atoms. The summed E-state index contributed by atoms with van der Waals surface area (Å²) in [7, 11) is 1.50. The first-order chi connectivity index (χ1) is 14.1. The zero-order chi connectivity index (χ0) is 20.4. The second kappa shape index (κ2) is 8.01. The van der Waals surface area contributed by atoms with Gasteiger partial charge >= 0.3 is 0 Å². The number of benzene rings is 2. The van der Waals surface area contributed by atoms with E-state index < -0.39 is 5.91 Å². The van der Waals surface area contributed by atoms with Crippen molar-refractivity contribution >= 4 is 29.1 Å². The van der Waals surface area contributed by atoms with Crippen LogP contribution in [-0.4, -0.2) is 29.5 Å². The minimum absolute atomic E-state index is 0.198. The number of amides is 2. The van der Waals surface area contributed by atoms with Gasteiger partial charge in [0.15, 0.2) is 0 Å². The van der Waals surface area contributed by atoms with Crippen LogP contribution in [0.4, 0.5) is 5.69 Å². The van der Waals surface area contributed by atoms with Gasteiger partial charge in [-0.2, -0.15) is 0 Å². The molecule has 29 heavy (non-hydrogen) atoms. The minimum atomic E-state index is -0.408. The lowest BCUT2D eigenvalue weighted by Gasteiger charge is -2.15. The molecule has 0 bridgehead atoms. The van der Waals surface area contributed by atoms with Gasteiger partial charge in [0, 0.05) is 24.5 Å². The third-order valence-electron chi connectivity index (χ3n) is 4.73. The van der Waals surface area contributed by atoms with Crippen LogP contribution in [0, 0.1) is 0 Å². The molecule has 0 aliphatic heterocycles. The number of rotatable bonds is 6. The van der Waals surface area contributed by atoms with E-state index in [0.29, 0.717) is 27.7 Å². The summed E-state index contributed by atoms with van der Waals surface area (Å²) < 4.78 is 7.26. The van der Waals surface area contributed by atoms with Gasteiger partial charge in [0.1, 0.15) is 5.75 Å². The Bertz CT molecular complexity index is 1060. The SMILES string of the molecule is COc1cc(-n2cccc2)c(Cl)cc1C(=O)Nc1ccccc1C(=O)NC1CC1. The van der Waals surface area contributed by atoms with Crippen LogP contribution < -0.4 is 15.4 Å². The summed E-state index contributed by atoms with van der Waals surface area (Å²) in [5.41, 5.74) is 1.84. The second-order valence-corrected chi connectivity index (χ2v) is 7.25. The third kappa shape index (κ3) is 4.12. The second-order valence-electron chi connectivity index (χ2n) is 6.84. The van der Waals surface area contributed by atoms with Crippen LogP contribution in [-0.2, 0) is 0 Å². The number of carbonyl (C=O) groups excluding carboxylic acids is 2. The van der Waals surface area contributed by atoms with Gasteiger partial charge in [-0.3, -0.25) is 9.59 Å². The fraction of sp³-hybridized carbons (Fsp3) is 0.182. The number of para-hydroxylation sites is 1. The molecule has 3 aromatic rings. The van der Waals surface area contributed by atoms with E-state index in [1.165, 1.54) is 7.11 Å². The topological polar surface area (TPSA) is 72.4 Å². The molecular weight excluding hydrogens is 390 g/mol. The highest BCUT2D eigenvalue weighted by Gasteiger charge is 2.25. The van der Waals surface area contributed by atoms with Gasteiger partial charge in [0.25, 0.3) is 11.8 Å². The Balaban J connectivity index is 1.62. The summed E-state index contributed by atoms with van der Waals surface area (Å²) in [5.74, 6) is -0.221. The van der Waals surface area contributed by atoms with Crippen molar-refractivity contribution in [1.82, 2.24) is 9.88 Å². The van der Waals surface area contributed by atoms with Crippen molar-refractivity contribution in [3.8, 4) is 11.4 Å². The van der Waals surface area contributed by atoms with Gasteiger partial charge < -0.3 is 19.9 Å². The number of nitrogens with zero attached hydrogens (tertiary/aromatic N) is 1. The van der Waals surface area contributed by atoms with E-state index in [1.54, 1.807) is 36.4 Å². The molecule has 2 amide bonds. The number of halogens is 1. The Morgan fingerprint density at radius 2 is 1.76 bits per heavy atom. The van der Waals surface area contributed by atoms with Crippen LogP contribution in [0.3, 0.4) is 0 Å². The van der Waals surface area contributed by atoms with Crippen molar-refractivity contribution in [2.24, 2.45) is 0 Å². The lowest BCUT2D eigenvalue weighted by atomic mass is 10.1. The molecule has 0 saturated heterocycles. The van der Waals surface area contributed by atoms with E-state index in [9.17, 15) is 9.59 Å². The number of hydrogen-bond acceptors (Lipinski definition) is 3. The number of ether oxygens (including phenoxy) is 1. The largest absolute Gasteiger partial charge is 0.496 e. The van der Waals surface area contributed by atoms with Gasteiger partial charge in [-0.1, -0.05) is 23.7 Å². The standard InChI is InChI=1S/C22H20ClN3O3/c1-29-20-13-19(26-10-4-5-11-26)17(23)12-16(20)22(28)25-18-7-3-2-6-15(18)21(27)24-14-8-9-14/h2-7,10-14H,8-9H2,1H3,(H,24,27)(H,25,28). The molecule has 2 N–H and O–H groups in total. The van der Waals surface area contributed by atoms with Gasteiger partial charge in [0.05, 0.1) is 34.6 Å². The van der Waals surface area contributed by atoms with Crippen LogP contribution in [0.1, 0.15) is 33.6 Å². The molecule has 0 radical (unpaired) electrons. The Hall–Kier alpha value is -3.25. The Morgan fingerprint density at radius 1 is 1.03 bits per heavy atom. The van der Waals surface area contributed by atoms with Gasteiger partial charge in [-0.25, -0.2) is 0 Å². The quantitative estimate of drug-likeness (QED) is 0.638. The van der Waals surface area contributed by atoms with Crippen LogP contribution in [0.2, 0.25) is 5.02 Å². The van der Waals surface area contributed by atoms with Crippen LogP contribution in [0.5, 0.6) is 5.75 Å². The molecule has 1 heterocycles. The number of anilines is 1. The number of methoxy groups -OCH3 is 1. The summed E-state index contributed by atoms with van der Waals surface area (Å²) in [6.07, 6.45) is 5.69. The monoisotopic (exact) mass is 409 g/mol. The predicted molar refractivity (Wildman–Crippen MR) is 112 cm³/mol. The molecule has 1 saturated carbocycles. The van der Waals surface area contributed by atoms with Crippen molar-refractivity contribution in [2.75, 3.05) is 12.4 Å². The smallest absolute Gasteiger partial charge is 0.259 e. The molecule has 1 aromatic heterocycles. The highest BCUT2D eigenvalue weighted by Crippen LogP contribution is 2.31. The maximum absolute atomic E-state index is 13.0. The molecule has 1 aliphatic carbocycles. The molecule has 0 unspecified atom stereocenters. The highest BCUT2D eigenvalue weighted by atomic mass is 35.5. The number of aromatic nitrogens is 1. The predicted octanol–water partition coefficient (Wildman–Crippen LogP) is 4.28. The molecule has 4 rings (SSSR count). The maximum atomic E-state index is 13.0. The molecule has 0 atom stereocenters. The van der Waals surface area contributed by atoms with Gasteiger partial charge in [-0.15, -0.1) is 0 Å². The molecule has 6 nitrogen and oxygen atoms in total. The number of hydrogen-bond donors (Lipinski definition) is 2. The molecule has 1 aliphatic rings. The summed E-state index contributed by atoms with van der Waals surface area (Å²) in [6, 6.07) is 14.2. The summed E-state index contributed by atoms with van der Waals surface area (Å²) >= 11 is 6.42. The van der Waals surface area contributed by atoms with E-state index in [-0.39, 0.29) is 17.5 Å². The molecule has 1 fully saturated rings. The van der Waals surface area contributed by atoms with E-state index >= 15 is 0 Å². The van der Waals surface area contributed by atoms with E-state index in [2.05, 4.69) is 10.6 Å². The normalized spacial score (nSPS) is 13.0. The fourth-order valence-corrected chi connectivity index (χ4v) is 3.31. The van der Waals surface area contributed by atoms with Crippen LogP contribution >= 0.6 is 11.6 Å². The summed E-state index contributed by atoms with van der Waals surface area (Å²) in [4.78, 5) is 25.4. The zero-order valence-electron chi connectivity index (χ0n) is 15.8. The molecule has 148 valence electrons. The van der Waals surface area contributed by atoms with Crippen LogP contribution in [0.25, 0.3) is 5.69 Å². The van der Waals surface area contributed by atoms with E-state index in [1.807, 2.05) is 29.1 Å². The zero-order valence-corrected chi connectivity index (χ0v) is 16.6. The first-order valence-corrected chi connectivity index (χ1v) is 9.66. The minimum Gasteiger partial charge on any atom is -0.496 e.